The van der Waals surface area contributed by atoms with Crippen molar-refractivity contribution in [3.05, 3.63) is 55.0 Å². The molecule has 2 fully saturated rings. The summed E-state index contributed by atoms with van der Waals surface area (Å²) in [6.45, 7) is 8.76. The third-order valence-electron chi connectivity index (χ3n) is 9.05. The number of aryl methyl sites for hydroxylation is 1. The fraction of sp³-hybridized carbons (Fsp3) is 0.500. The summed E-state index contributed by atoms with van der Waals surface area (Å²) in [7, 11) is 5.29. The van der Waals surface area contributed by atoms with Gasteiger partial charge in [0, 0.05) is 61.5 Å². The van der Waals surface area contributed by atoms with Crippen LogP contribution < -0.4 is 14.4 Å². The van der Waals surface area contributed by atoms with E-state index in [0.717, 1.165) is 76.5 Å². The molecule has 6 rings (SSSR count). The number of likely N-dealkylation sites (tertiary alicyclic amines) is 1. The number of anilines is 2. The largest absolute Gasteiger partial charge is 0.497 e. The Morgan fingerprint density at radius 3 is 2.36 bits per heavy atom. The van der Waals surface area contributed by atoms with Crippen molar-refractivity contribution in [3.63, 3.8) is 0 Å². The second-order valence-electron chi connectivity index (χ2n) is 12.2. The van der Waals surface area contributed by atoms with Crippen LogP contribution in [0.5, 0.6) is 11.5 Å². The molecule has 236 valence electrons. The molecule has 2 aliphatic heterocycles. The molecule has 0 saturated carbocycles. The lowest BCUT2D eigenvalue weighted by atomic mass is 9.81. The molecule has 2 aromatic heterocycles. The van der Waals surface area contributed by atoms with Gasteiger partial charge in [-0.3, -0.25) is 9.67 Å². The Morgan fingerprint density at radius 2 is 1.68 bits per heavy atom. The zero-order chi connectivity index (χ0) is 29.9. The molecule has 9 nitrogen and oxygen atoms in total. The van der Waals surface area contributed by atoms with Crippen molar-refractivity contribution in [3.8, 4) is 22.8 Å². The summed E-state index contributed by atoms with van der Waals surface area (Å²) in [6.07, 6.45) is 11.1. The summed E-state index contributed by atoms with van der Waals surface area (Å²) in [5.74, 6) is 3.09. The van der Waals surface area contributed by atoms with E-state index in [9.17, 15) is 0 Å². The normalized spacial score (nSPS) is 22.1. The second-order valence-corrected chi connectivity index (χ2v) is 12.2. The Labute approximate surface area is 266 Å². The van der Waals surface area contributed by atoms with Gasteiger partial charge < -0.3 is 24.0 Å². The van der Waals surface area contributed by atoms with E-state index in [1.54, 1.807) is 18.9 Å². The van der Waals surface area contributed by atoms with Gasteiger partial charge >= 0.3 is 0 Å². The molecule has 2 aliphatic rings. The first-order chi connectivity index (χ1) is 20.9. The molecule has 4 aromatic rings. The maximum absolute atomic E-state index is 6.02. The number of hydrogen-bond donors (Lipinski definition) is 0. The highest BCUT2D eigenvalue weighted by molar-refractivity contribution is 5.85. The first kappa shape index (κ1) is 32.0. The van der Waals surface area contributed by atoms with Crippen LogP contribution >= 0.6 is 12.4 Å². The van der Waals surface area contributed by atoms with Crippen LogP contribution in [-0.4, -0.2) is 77.3 Å². The minimum atomic E-state index is 0. The first-order valence-electron chi connectivity index (χ1n) is 15.5. The van der Waals surface area contributed by atoms with Crippen molar-refractivity contribution in [2.24, 2.45) is 18.9 Å². The standard InChI is InChI=1S/C34H44N6O3.ClH/c1-23-13-26(14-24(2)43-23)25-9-12-39(22-25)10-6-11-40(29-15-30(41-4)18-31(16-29)42-5)28-7-8-32-33(17-28)37-34(20-35-32)27-19-36-38(3)21-27;/h7-8,15-21,23-26H,6,9-14,22H2,1-5H3;1H/t23-,24-,25?;/m1./s1. The van der Waals surface area contributed by atoms with E-state index in [2.05, 4.69) is 59.1 Å². The Hall–Kier alpha value is -3.40. The van der Waals surface area contributed by atoms with Gasteiger partial charge in [-0.05, 0) is 82.7 Å². The number of rotatable bonds is 10. The highest BCUT2D eigenvalue weighted by atomic mass is 35.5. The summed E-state index contributed by atoms with van der Waals surface area (Å²) < 4.78 is 19.1. The van der Waals surface area contributed by atoms with E-state index in [1.807, 2.05) is 31.7 Å². The number of ether oxygens (including phenoxy) is 3. The maximum atomic E-state index is 6.02. The van der Waals surface area contributed by atoms with E-state index < -0.39 is 0 Å². The second kappa shape index (κ2) is 14.1. The van der Waals surface area contributed by atoms with Gasteiger partial charge in [0.1, 0.15) is 11.5 Å². The quantitative estimate of drug-likeness (QED) is 0.198. The maximum Gasteiger partial charge on any atom is 0.124 e. The predicted octanol–water partition coefficient (Wildman–Crippen LogP) is 6.52. The number of aromatic nitrogens is 4. The molecule has 0 radical (unpaired) electrons. The number of benzene rings is 2. The molecule has 2 saturated heterocycles. The lowest BCUT2D eigenvalue weighted by Gasteiger charge is -2.35. The SMILES string of the molecule is COc1cc(OC)cc(N(CCCN2CCC(C3C[C@@H](C)O[C@H](C)C3)C2)c2ccc3ncc(-c4cnn(C)c4)nc3c2)c1.Cl. The van der Waals surface area contributed by atoms with Crippen molar-refractivity contribution < 1.29 is 14.2 Å². The molecule has 0 amide bonds. The van der Waals surface area contributed by atoms with Crippen LogP contribution in [0.15, 0.2) is 55.0 Å². The van der Waals surface area contributed by atoms with Crippen LogP contribution in [0.1, 0.15) is 39.5 Å². The number of nitrogens with zero attached hydrogens (tertiary/aromatic N) is 6. The Kier molecular flexibility index (Phi) is 10.3. The molecule has 1 unspecified atom stereocenters. The van der Waals surface area contributed by atoms with E-state index >= 15 is 0 Å². The average Bonchev–Trinajstić information content (AvgIpc) is 3.67. The van der Waals surface area contributed by atoms with Crippen molar-refractivity contribution in [1.29, 1.82) is 0 Å². The topological polar surface area (TPSA) is 77.8 Å². The Morgan fingerprint density at radius 1 is 0.932 bits per heavy atom. The Balaban J connectivity index is 0.00000384. The summed E-state index contributed by atoms with van der Waals surface area (Å²) in [5, 5.41) is 4.30. The molecule has 2 aromatic carbocycles. The first-order valence-corrected chi connectivity index (χ1v) is 15.5. The fourth-order valence-corrected chi connectivity index (χ4v) is 6.96. The lowest BCUT2D eigenvalue weighted by molar-refractivity contribution is -0.0625. The van der Waals surface area contributed by atoms with Gasteiger partial charge in [-0.25, -0.2) is 4.98 Å². The summed E-state index contributed by atoms with van der Waals surface area (Å²) in [6, 6.07) is 12.4. The number of halogens is 1. The van der Waals surface area contributed by atoms with Gasteiger partial charge in [0.25, 0.3) is 0 Å². The Bertz CT molecular complexity index is 1510. The molecular formula is C34H45ClN6O3. The van der Waals surface area contributed by atoms with Crippen molar-refractivity contribution >= 4 is 34.8 Å². The fourth-order valence-electron chi connectivity index (χ4n) is 6.96. The molecule has 0 bridgehead atoms. The van der Waals surface area contributed by atoms with E-state index in [-0.39, 0.29) is 12.4 Å². The third kappa shape index (κ3) is 7.28. The van der Waals surface area contributed by atoms with Crippen molar-refractivity contribution in [1.82, 2.24) is 24.6 Å². The van der Waals surface area contributed by atoms with Crippen LogP contribution in [0.2, 0.25) is 0 Å². The van der Waals surface area contributed by atoms with Gasteiger partial charge in [-0.2, -0.15) is 5.10 Å². The summed E-state index contributed by atoms with van der Waals surface area (Å²) >= 11 is 0. The minimum Gasteiger partial charge on any atom is -0.497 e. The molecule has 4 heterocycles. The molecule has 0 spiro atoms. The zero-order valence-corrected chi connectivity index (χ0v) is 27.3. The minimum absolute atomic E-state index is 0. The third-order valence-corrected chi connectivity index (χ3v) is 9.05. The highest BCUT2D eigenvalue weighted by Gasteiger charge is 2.34. The van der Waals surface area contributed by atoms with Gasteiger partial charge in [-0.1, -0.05) is 0 Å². The van der Waals surface area contributed by atoms with Crippen molar-refractivity contribution in [2.75, 3.05) is 45.3 Å². The van der Waals surface area contributed by atoms with Crippen molar-refractivity contribution in [2.45, 2.75) is 51.7 Å². The van der Waals surface area contributed by atoms with Gasteiger partial charge in [-0.15, -0.1) is 12.4 Å². The molecule has 44 heavy (non-hydrogen) atoms. The number of methoxy groups -OCH3 is 2. The van der Waals surface area contributed by atoms with Crippen LogP contribution in [0.3, 0.4) is 0 Å². The summed E-state index contributed by atoms with van der Waals surface area (Å²) in [4.78, 5) is 14.7. The lowest BCUT2D eigenvalue weighted by Crippen LogP contribution is -2.34. The van der Waals surface area contributed by atoms with E-state index in [1.165, 1.54) is 32.4 Å². The summed E-state index contributed by atoms with van der Waals surface area (Å²) in [5.41, 5.74) is 5.55. The average molecular weight is 621 g/mol. The van der Waals surface area contributed by atoms with Gasteiger partial charge in [0.05, 0.1) is 55.5 Å². The molecular weight excluding hydrogens is 576 g/mol. The smallest absolute Gasteiger partial charge is 0.124 e. The van der Waals surface area contributed by atoms with E-state index in [0.29, 0.717) is 12.2 Å². The molecule has 0 aliphatic carbocycles. The number of fused-ring (bicyclic) bond motifs is 1. The monoisotopic (exact) mass is 620 g/mol. The van der Waals surface area contributed by atoms with Crippen LogP contribution in [0.4, 0.5) is 11.4 Å². The van der Waals surface area contributed by atoms with Gasteiger partial charge in [0.15, 0.2) is 0 Å². The molecule has 3 atom stereocenters. The molecule has 10 heteroatoms. The van der Waals surface area contributed by atoms with Crippen LogP contribution in [0, 0.1) is 11.8 Å². The van der Waals surface area contributed by atoms with Crippen LogP contribution in [-0.2, 0) is 11.8 Å². The number of hydrogen-bond acceptors (Lipinski definition) is 8. The predicted molar refractivity (Wildman–Crippen MR) is 177 cm³/mol. The van der Waals surface area contributed by atoms with E-state index in [4.69, 9.17) is 24.2 Å². The van der Waals surface area contributed by atoms with Gasteiger partial charge in [0.2, 0.25) is 0 Å². The zero-order valence-electron chi connectivity index (χ0n) is 26.5. The molecule has 0 N–H and O–H groups in total. The highest BCUT2D eigenvalue weighted by Crippen LogP contribution is 2.37. The van der Waals surface area contributed by atoms with Crippen LogP contribution in [0.25, 0.3) is 22.3 Å².